The molecular formula is C15H13ClF2N2O2. The maximum atomic E-state index is 13.1. The van der Waals surface area contributed by atoms with E-state index in [1.165, 1.54) is 6.07 Å². The fourth-order valence-electron chi connectivity index (χ4n) is 1.77. The minimum Gasteiger partial charge on any atom is -0.387 e. The Morgan fingerprint density at radius 1 is 1.18 bits per heavy atom. The molecule has 7 heteroatoms. The number of carbonyl (C=O) groups excluding carboxylic acids is 1. The van der Waals surface area contributed by atoms with E-state index in [-0.39, 0.29) is 12.1 Å². The van der Waals surface area contributed by atoms with Gasteiger partial charge < -0.3 is 15.7 Å². The molecule has 0 saturated heterocycles. The van der Waals surface area contributed by atoms with Crippen LogP contribution in [0.4, 0.5) is 19.3 Å². The molecule has 116 valence electrons. The number of halogens is 3. The molecule has 0 aliphatic heterocycles. The summed E-state index contributed by atoms with van der Waals surface area (Å²) in [6.45, 7) is -0.155. The van der Waals surface area contributed by atoms with Crippen molar-refractivity contribution < 1.29 is 18.7 Å². The van der Waals surface area contributed by atoms with E-state index in [1.807, 2.05) is 0 Å². The van der Waals surface area contributed by atoms with Gasteiger partial charge in [-0.05, 0) is 35.9 Å². The molecule has 22 heavy (non-hydrogen) atoms. The van der Waals surface area contributed by atoms with Gasteiger partial charge in [0.1, 0.15) is 0 Å². The molecule has 2 aromatic carbocycles. The number of aliphatic hydroxyl groups excluding tert-OH is 1. The number of aliphatic hydroxyl groups is 1. The van der Waals surface area contributed by atoms with E-state index in [9.17, 15) is 18.7 Å². The molecule has 2 aromatic rings. The zero-order valence-corrected chi connectivity index (χ0v) is 12.1. The summed E-state index contributed by atoms with van der Waals surface area (Å²) in [5.74, 6) is -2.05. The lowest BCUT2D eigenvalue weighted by Crippen LogP contribution is -2.32. The van der Waals surface area contributed by atoms with E-state index in [0.29, 0.717) is 10.7 Å². The average Bonchev–Trinajstić information content (AvgIpc) is 2.47. The summed E-state index contributed by atoms with van der Waals surface area (Å²) in [6, 6.07) is 9.05. The summed E-state index contributed by atoms with van der Waals surface area (Å²) in [5, 5.41) is 15.3. The summed E-state index contributed by atoms with van der Waals surface area (Å²) in [6.07, 6.45) is -1.15. The SMILES string of the molecule is O=C(NC[C@H](O)c1ccc(F)c(F)c1)Nc1cccc(Cl)c1. The lowest BCUT2D eigenvalue weighted by atomic mass is 10.1. The van der Waals surface area contributed by atoms with Gasteiger partial charge in [-0.25, -0.2) is 13.6 Å². The molecule has 2 amide bonds. The van der Waals surface area contributed by atoms with Gasteiger partial charge in [-0.2, -0.15) is 0 Å². The fraction of sp³-hybridized carbons (Fsp3) is 0.133. The van der Waals surface area contributed by atoms with Crippen LogP contribution in [0.15, 0.2) is 42.5 Å². The molecule has 0 radical (unpaired) electrons. The Morgan fingerprint density at radius 3 is 2.64 bits per heavy atom. The number of benzene rings is 2. The van der Waals surface area contributed by atoms with Crippen molar-refractivity contribution in [1.29, 1.82) is 0 Å². The van der Waals surface area contributed by atoms with Crippen molar-refractivity contribution in [2.24, 2.45) is 0 Å². The number of rotatable bonds is 4. The highest BCUT2D eigenvalue weighted by atomic mass is 35.5. The van der Waals surface area contributed by atoms with Crippen LogP contribution in [0.2, 0.25) is 5.02 Å². The molecule has 3 N–H and O–H groups in total. The summed E-state index contributed by atoms with van der Waals surface area (Å²) < 4.78 is 25.9. The van der Waals surface area contributed by atoms with Crippen LogP contribution in [0.5, 0.6) is 0 Å². The molecule has 1 atom stereocenters. The molecule has 4 nitrogen and oxygen atoms in total. The third-order valence-corrected chi connectivity index (χ3v) is 3.10. The number of amides is 2. The Bertz CT molecular complexity index is 682. The van der Waals surface area contributed by atoms with Crippen LogP contribution in [0, 0.1) is 11.6 Å². The highest BCUT2D eigenvalue weighted by molar-refractivity contribution is 6.30. The number of nitrogens with one attached hydrogen (secondary N) is 2. The van der Waals surface area contributed by atoms with Gasteiger partial charge in [-0.1, -0.05) is 23.7 Å². The highest BCUT2D eigenvalue weighted by Gasteiger charge is 2.12. The summed E-state index contributed by atoms with van der Waals surface area (Å²) >= 11 is 5.79. The minimum atomic E-state index is -1.15. The van der Waals surface area contributed by atoms with E-state index >= 15 is 0 Å². The number of hydrogen-bond acceptors (Lipinski definition) is 2. The van der Waals surface area contributed by atoms with Crippen molar-refractivity contribution in [2.45, 2.75) is 6.10 Å². The van der Waals surface area contributed by atoms with E-state index < -0.39 is 23.8 Å². The van der Waals surface area contributed by atoms with Crippen LogP contribution in [0.3, 0.4) is 0 Å². The molecule has 0 spiro atoms. The number of carbonyl (C=O) groups is 1. The van der Waals surface area contributed by atoms with Gasteiger partial charge in [0.05, 0.1) is 6.10 Å². The Labute approximate surface area is 130 Å². The standard InChI is InChI=1S/C15H13ClF2N2O2/c16-10-2-1-3-11(7-10)20-15(22)19-8-14(21)9-4-5-12(17)13(18)6-9/h1-7,14,21H,8H2,(H2,19,20,22)/t14-/m0/s1. The second kappa shape index (κ2) is 7.20. The molecule has 0 bridgehead atoms. The van der Waals surface area contributed by atoms with Crippen LogP contribution in [0.1, 0.15) is 11.7 Å². The van der Waals surface area contributed by atoms with Crippen LogP contribution >= 0.6 is 11.6 Å². The van der Waals surface area contributed by atoms with Gasteiger partial charge in [0, 0.05) is 17.3 Å². The average molecular weight is 327 g/mol. The maximum Gasteiger partial charge on any atom is 0.319 e. The molecule has 2 rings (SSSR count). The summed E-state index contributed by atoms with van der Waals surface area (Å²) in [4.78, 5) is 11.7. The zero-order chi connectivity index (χ0) is 16.1. The monoisotopic (exact) mass is 326 g/mol. The van der Waals surface area contributed by atoms with Gasteiger partial charge >= 0.3 is 6.03 Å². The lowest BCUT2D eigenvalue weighted by molar-refractivity contribution is 0.174. The van der Waals surface area contributed by atoms with E-state index in [2.05, 4.69) is 10.6 Å². The Balaban J connectivity index is 1.88. The number of urea groups is 1. The Hall–Kier alpha value is -2.18. The third-order valence-electron chi connectivity index (χ3n) is 2.87. The molecular weight excluding hydrogens is 314 g/mol. The largest absolute Gasteiger partial charge is 0.387 e. The predicted octanol–water partition coefficient (Wildman–Crippen LogP) is 3.47. The van der Waals surface area contributed by atoms with Gasteiger partial charge in [0.25, 0.3) is 0 Å². The minimum absolute atomic E-state index is 0.155. The Morgan fingerprint density at radius 2 is 1.95 bits per heavy atom. The quantitative estimate of drug-likeness (QED) is 0.805. The van der Waals surface area contributed by atoms with E-state index in [0.717, 1.165) is 12.1 Å². The highest BCUT2D eigenvalue weighted by Crippen LogP contribution is 2.16. The third kappa shape index (κ3) is 4.41. The summed E-state index contributed by atoms with van der Waals surface area (Å²) in [5.41, 5.74) is 0.661. The molecule has 0 unspecified atom stereocenters. The molecule has 0 aliphatic rings. The first-order chi connectivity index (χ1) is 10.5. The van der Waals surface area contributed by atoms with Crippen molar-refractivity contribution in [3.8, 4) is 0 Å². The Kier molecular flexibility index (Phi) is 5.30. The number of hydrogen-bond donors (Lipinski definition) is 3. The molecule has 0 heterocycles. The van der Waals surface area contributed by atoms with Crippen LogP contribution < -0.4 is 10.6 Å². The predicted molar refractivity (Wildman–Crippen MR) is 79.8 cm³/mol. The van der Waals surface area contributed by atoms with Gasteiger partial charge in [0.2, 0.25) is 0 Å². The second-order valence-electron chi connectivity index (χ2n) is 4.53. The van der Waals surface area contributed by atoms with Crippen LogP contribution in [-0.4, -0.2) is 17.7 Å². The topological polar surface area (TPSA) is 61.4 Å². The van der Waals surface area contributed by atoms with Gasteiger partial charge in [-0.3, -0.25) is 0 Å². The maximum absolute atomic E-state index is 13.1. The van der Waals surface area contributed by atoms with E-state index in [1.54, 1.807) is 24.3 Å². The van der Waals surface area contributed by atoms with Crippen LogP contribution in [-0.2, 0) is 0 Å². The molecule has 0 fully saturated rings. The molecule has 0 saturated carbocycles. The lowest BCUT2D eigenvalue weighted by Gasteiger charge is -2.13. The zero-order valence-electron chi connectivity index (χ0n) is 11.3. The van der Waals surface area contributed by atoms with Crippen molar-refractivity contribution in [2.75, 3.05) is 11.9 Å². The van der Waals surface area contributed by atoms with Crippen molar-refractivity contribution in [1.82, 2.24) is 5.32 Å². The van der Waals surface area contributed by atoms with Crippen LogP contribution in [0.25, 0.3) is 0 Å². The summed E-state index contributed by atoms with van der Waals surface area (Å²) in [7, 11) is 0. The first-order valence-corrected chi connectivity index (χ1v) is 6.77. The van der Waals surface area contributed by atoms with Gasteiger partial charge in [0.15, 0.2) is 11.6 Å². The van der Waals surface area contributed by atoms with Crippen molar-refractivity contribution in [3.63, 3.8) is 0 Å². The smallest absolute Gasteiger partial charge is 0.319 e. The molecule has 0 aromatic heterocycles. The molecule has 0 aliphatic carbocycles. The second-order valence-corrected chi connectivity index (χ2v) is 4.97. The van der Waals surface area contributed by atoms with E-state index in [4.69, 9.17) is 11.6 Å². The van der Waals surface area contributed by atoms with Gasteiger partial charge in [-0.15, -0.1) is 0 Å². The normalized spacial score (nSPS) is 11.8. The first kappa shape index (κ1) is 16.2. The first-order valence-electron chi connectivity index (χ1n) is 6.39. The van der Waals surface area contributed by atoms with Crippen molar-refractivity contribution >= 4 is 23.3 Å². The number of anilines is 1. The van der Waals surface area contributed by atoms with Crippen molar-refractivity contribution in [3.05, 3.63) is 64.7 Å². The fourth-order valence-corrected chi connectivity index (χ4v) is 1.96.